The molecule has 0 spiro atoms. The van der Waals surface area contributed by atoms with Crippen LogP contribution in [0.4, 0.5) is 10.5 Å². The number of hydrogen-bond donors (Lipinski definition) is 3. The first-order valence-electron chi connectivity index (χ1n) is 7.43. The first-order valence-corrected chi connectivity index (χ1v) is 9.02. The van der Waals surface area contributed by atoms with Gasteiger partial charge < -0.3 is 15.2 Å². The van der Waals surface area contributed by atoms with Crippen molar-refractivity contribution in [3.63, 3.8) is 0 Å². The van der Waals surface area contributed by atoms with Crippen LogP contribution in [0.25, 0.3) is 0 Å². The van der Waals surface area contributed by atoms with Gasteiger partial charge in [0.15, 0.2) is 11.5 Å². The Morgan fingerprint density at radius 2 is 2.04 bits per heavy atom. The average molecular weight is 471 g/mol. The summed E-state index contributed by atoms with van der Waals surface area (Å²) in [7, 11) is 0. The lowest BCUT2D eigenvalue weighted by Gasteiger charge is -2.11. The number of carbonyl (C=O) groups is 1. The number of nitrogens with one attached hydrogen (secondary N) is 2. The molecule has 0 aliphatic rings. The molecular weight excluding hydrogens is 454 g/mol. The predicted molar refractivity (Wildman–Crippen MR) is 106 cm³/mol. The van der Waals surface area contributed by atoms with Crippen LogP contribution in [0.3, 0.4) is 0 Å². The number of aryl methyl sites for hydroxylation is 1. The zero-order valence-corrected chi connectivity index (χ0v) is 16.8. The van der Waals surface area contributed by atoms with Crippen LogP contribution in [-0.4, -0.2) is 24.0 Å². The number of phenols is 1. The number of phenolic OH excluding ortho intramolecular Hbond substituents is 1. The highest BCUT2D eigenvalue weighted by Crippen LogP contribution is 2.41. The molecule has 0 saturated heterocycles. The summed E-state index contributed by atoms with van der Waals surface area (Å²) in [6, 6.07) is 8.61. The topological polar surface area (TPSA) is 83.0 Å². The molecule has 2 aromatic rings. The van der Waals surface area contributed by atoms with Gasteiger partial charge in [-0.2, -0.15) is 5.10 Å². The van der Waals surface area contributed by atoms with Gasteiger partial charge in [-0.3, -0.25) is 0 Å². The molecule has 6 nitrogen and oxygen atoms in total. The number of aromatic hydroxyl groups is 1. The molecule has 0 aliphatic heterocycles. The standard InChI is InChI=1S/C17H17Br2N3O3/c1-3-25-13-8-11(14(18)15(19)16(13)23)9-20-22-17(24)21-12-7-5-4-6-10(12)2/h4-9,23H,3H2,1-2H3,(H2,21,22,24)/b20-9+. The number of anilines is 1. The molecule has 0 heterocycles. The van der Waals surface area contributed by atoms with Gasteiger partial charge in [-0.15, -0.1) is 0 Å². The first kappa shape index (κ1) is 19.3. The van der Waals surface area contributed by atoms with Crippen molar-refractivity contribution in [2.24, 2.45) is 5.10 Å². The number of hydrogen-bond acceptors (Lipinski definition) is 4. The van der Waals surface area contributed by atoms with Crippen LogP contribution in [0.1, 0.15) is 18.1 Å². The predicted octanol–water partition coefficient (Wildman–Crippen LogP) is 4.78. The highest BCUT2D eigenvalue weighted by Gasteiger charge is 2.14. The van der Waals surface area contributed by atoms with Crippen molar-refractivity contribution >= 4 is 49.8 Å². The molecule has 2 aromatic carbocycles. The SMILES string of the molecule is CCOc1cc(/C=N/NC(=O)Nc2ccccc2C)c(Br)c(Br)c1O. The molecule has 2 amide bonds. The van der Waals surface area contributed by atoms with E-state index in [0.29, 0.717) is 32.6 Å². The third-order valence-electron chi connectivity index (χ3n) is 3.24. The molecule has 0 fully saturated rings. The van der Waals surface area contributed by atoms with Crippen LogP contribution >= 0.6 is 31.9 Å². The number of halogens is 2. The maximum atomic E-state index is 11.9. The number of benzene rings is 2. The van der Waals surface area contributed by atoms with Gasteiger partial charge in [-0.05, 0) is 63.4 Å². The number of amides is 2. The van der Waals surface area contributed by atoms with E-state index in [1.807, 2.05) is 32.0 Å². The molecule has 8 heteroatoms. The second-order valence-electron chi connectivity index (χ2n) is 5.01. The minimum atomic E-state index is -0.454. The summed E-state index contributed by atoms with van der Waals surface area (Å²) in [4.78, 5) is 11.9. The number of hydrazone groups is 1. The monoisotopic (exact) mass is 469 g/mol. The van der Waals surface area contributed by atoms with E-state index in [1.165, 1.54) is 6.21 Å². The third kappa shape index (κ3) is 4.96. The summed E-state index contributed by atoms with van der Waals surface area (Å²) in [5.41, 5.74) is 4.69. The lowest BCUT2D eigenvalue weighted by molar-refractivity contribution is 0.252. The van der Waals surface area contributed by atoms with E-state index in [2.05, 4.69) is 47.7 Å². The normalized spacial score (nSPS) is 10.7. The van der Waals surface area contributed by atoms with Crippen LogP contribution in [0.5, 0.6) is 11.5 Å². The Morgan fingerprint density at radius 1 is 1.32 bits per heavy atom. The number of urea groups is 1. The van der Waals surface area contributed by atoms with Gasteiger partial charge >= 0.3 is 6.03 Å². The molecule has 0 aromatic heterocycles. The van der Waals surface area contributed by atoms with E-state index in [-0.39, 0.29) is 5.75 Å². The van der Waals surface area contributed by atoms with Gasteiger partial charge in [0.1, 0.15) is 0 Å². The van der Waals surface area contributed by atoms with Crippen molar-refractivity contribution in [2.75, 3.05) is 11.9 Å². The zero-order valence-electron chi connectivity index (χ0n) is 13.6. The molecule has 0 bridgehead atoms. The Labute approximate surface area is 162 Å². The molecule has 0 atom stereocenters. The maximum Gasteiger partial charge on any atom is 0.339 e. The second-order valence-corrected chi connectivity index (χ2v) is 6.60. The largest absolute Gasteiger partial charge is 0.503 e. The third-order valence-corrected chi connectivity index (χ3v) is 5.40. The fraction of sp³-hybridized carbons (Fsp3) is 0.176. The quantitative estimate of drug-likeness (QED) is 0.434. The van der Waals surface area contributed by atoms with Gasteiger partial charge in [0.2, 0.25) is 0 Å². The van der Waals surface area contributed by atoms with Gasteiger partial charge in [-0.25, -0.2) is 10.2 Å². The second kappa shape index (κ2) is 8.87. The van der Waals surface area contributed by atoms with Crippen LogP contribution in [0.2, 0.25) is 0 Å². The van der Waals surface area contributed by atoms with E-state index in [4.69, 9.17) is 4.74 Å². The van der Waals surface area contributed by atoms with E-state index >= 15 is 0 Å². The molecular formula is C17H17Br2N3O3. The Kier molecular flexibility index (Phi) is 6.83. The highest BCUT2D eigenvalue weighted by atomic mass is 79.9. The lowest BCUT2D eigenvalue weighted by Crippen LogP contribution is -2.24. The number of para-hydroxylation sites is 1. The average Bonchev–Trinajstić information content (AvgIpc) is 2.59. The van der Waals surface area contributed by atoms with E-state index in [9.17, 15) is 9.90 Å². The maximum absolute atomic E-state index is 11.9. The van der Waals surface area contributed by atoms with Crippen LogP contribution in [-0.2, 0) is 0 Å². The van der Waals surface area contributed by atoms with Crippen molar-refractivity contribution in [3.05, 3.63) is 50.4 Å². The number of rotatable bonds is 5. The molecule has 132 valence electrons. The van der Waals surface area contributed by atoms with Gasteiger partial charge in [-0.1, -0.05) is 18.2 Å². The Balaban J connectivity index is 2.09. The van der Waals surface area contributed by atoms with Crippen molar-refractivity contribution in [1.82, 2.24) is 5.43 Å². The van der Waals surface area contributed by atoms with Crippen LogP contribution in [0, 0.1) is 6.92 Å². The molecule has 2 rings (SSSR count). The van der Waals surface area contributed by atoms with Gasteiger partial charge in [0, 0.05) is 15.7 Å². The molecule has 0 saturated carbocycles. The number of ether oxygens (including phenoxy) is 1. The van der Waals surface area contributed by atoms with Crippen LogP contribution < -0.4 is 15.5 Å². The van der Waals surface area contributed by atoms with E-state index in [0.717, 1.165) is 5.56 Å². The fourth-order valence-corrected chi connectivity index (χ4v) is 2.82. The van der Waals surface area contributed by atoms with Crippen LogP contribution in [0.15, 0.2) is 44.4 Å². The summed E-state index contributed by atoms with van der Waals surface area (Å²) in [6.07, 6.45) is 1.45. The van der Waals surface area contributed by atoms with E-state index < -0.39 is 6.03 Å². The summed E-state index contributed by atoms with van der Waals surface area (Å²) < 4.78 is 6.41. The van der Waals surface area contributed by atoms with E-state index in [1.54, 1.807) is 12.1 Å². The smallest absolute Gasteiger partial charge is 0.339 e. The summed E-state index contributed by atoms with van der Waals surface area (Å²) in [5, 5.41) is 16.7. The number of carbonyl (C=O) groups excluding carboxylic acids is 1. The number of nitrogens with zero attached hydrogens (tertiary/aromatic N) is 1. The van der Waals surface area contributed by atoms with Gasteiger partial charge in [0.25, 0.3) is 0 Å². The van der Waals surface area contributed by atoms with Gasteiger partial charge in [0.05, 0.1) is 17.3 Å². The van der Waals surface area contributed by atoms with Crippen molar-refractivity contribution < 1.29 is 14.6 Å². The van der Waals surface area contributed by atoms with Crippen molar-refractivity contribution in [2.45, 2.75) is 13.8 Å². The Morgan fingerprint density at radius 3 is 2.72 bits per heavy atom. The molecule has 25 heavy (non-hydrogen) atoms. The molecule has 0 radical (unpaired) electrons. The summed E-state index contributed by atoms with van der Waals surface area (Å²) in [5.74, 6) is 0.319. The Hall–Kier alpha value is -2.06. The summed E-state index contributed by atoms with van der Waals surface area (Å²) in [6.45, 7) is 4.13. The molecule has 3 N–H and O–H groups in total. The first-order chi connectivity index (χ1) is 11.9. The molecule has 0 aliphatic carbocycles. The molecule has 0 unspecified atom stereocenters. The van der Waals surface area contributed by atoms with Crippen molar-refractivity contribution in [1.29, 1.82) is 0 Å². The Bertz CT molecular complexity index is 810. The minimum Gasteiger partial charge on any atom is -0.503 e. The van der Waals surface area contributed by atoms with Crippen molar-refractivity contribution in [3.8, 4) is 11.5 Å². The highest BCUT2D eigenvalue weighted by molar-refractivity contribution is 9.13. The lowest BCUT2D eigenvalue weighted by atomic mass is 10.2. The summed E-state index contributed by atoms with van der Waals surface area (Å²) >= 11 is 6.65. The zero-order chi connectivity index (χ0) is 18.4. The fourth-order valence-electron chi connectivity index (χ4n) is 2.00. The minimum absolute atomic E-state index is 0.00358.